The van der Waals surface area contributed by atoms with E-state index in [0.717, 1.165) is 25.3 Å². The molecule has 4 N–H and O–H groups in total. The number of hydrogen-bond acceptors (Lipinski definition) is 5. The molecule has 2 atom stereocenters. The molecule has 0 saturated heterocycles. The molecule has 0 amide bonds. The number of hydrogen-bond donors (Lipinski definition) is 3. The van der Waals surface area contributed by atoms with Crippen molar-refractivity contribution >= 4 is 5.97 Å². The molecule has 0 bridgehead atoms. The molecule has 1 aromatic carbocycles. The largest absolute Gasteiger partial charge is 0.462 e. The van der Waals surface area contributed by atoms with Crippen LogP contribution in [0.15, 0.2) is 24.3 Å². The third-order valence-electron chi connectivity index (χ3n) is 4.52. The summed E-state index contributed by atoms with van der Waals surface area (Å²) in [5, 5.41) is 19.2. The standard InChI is InChI=1S/C22H37NO4/c1-3-4-5-6-7-8-9-19-10-12-20(13-11-19)14-15-22(23,16-24)17-27-21(26)18(2)25/h10-13,18,24-25H,3-9,14-17,23H2,1-2H3/i16D2,17D2. The zero-order valence-corrected chi connectivity index (χ0v) is 16.5. The molecule has 0 saturated carbocycles. The van der Waals surface area contributed by atoms with Gasteiger partial charge in [0.25, 0.3) is 0 Å². The Balaban J connectivity index is 2.74. The van der Waals surface area contributed by atoms with Crippen molar-refractivity contribution < 1.29 is 25.2 Å². The number of nitrogens with two attached hydrogens (primary N) is 1. The van der Waals surface area contributed by atoms with Crippen LogP contribution >= 0.6 is 0 Å². The fraction of sp³-hybridized carbons (Fsp3) is 0.682. The van der Waals surface area contributed by atoms with Gasteiger partial charge >= 0.3 is 5.97 Å². The average molecular weight is 384 g/mol. The molecule has 27 heavy (non-hydrogen) atoms. The molecule has 0 aliphatic heterocycles. The lowest BCUT2D eigenvalue weighted by Crippen LogP contribution is -2.49. The van der Waals surface area contributed by atoms with Crippen LogP contribution in [0, 0.1) is 0 Å². The van der Waals surface area contributed by atoms with Gasteiger partial charge in [-0.1, -0.05) is 63.3 Å². The molecule has 0 aromatic heterocycles. The van der Waals surface area contributed by atoms with Crippen molar-refractivity contribution in [2.24, 2.45) is 5.73 Å². The summed E-state index contributed by atoms with van der Waals surface area (Å²) >= 11 is 0. The Bertz CT molecular complexity index is 677. The molecule has 0 fully saturated rings. The second-order valence-electron chi connectivity index (χ2n) is 7.12. The van der Waals surface area contributed by atoms with E-state index in [1.54, 1.807) is 0 Å². The Kier molecular flexibility index (Phi) is 8.41. The predicted molar refractivity (Wildman–Crippen MR) is 108 cm³/mol. The maximum atomic E-state index is 11.6. The number of carbonyl (C=O) groups excluding carboxylic acids is 1. The van der Waals surface area contributed by atoms with E-state index >= 15 is 0 Å². The highest BCUT2D eigenvalue weighted by Crippen LogP contribution is 2.15. The topological polar surface area (TPSA) is 92.8 Å². The Labute approximate surface area is 169 Å². The Morgan fingerprint density at radius 2 is 1.70 bits per heavy atom. The van der Waals surface area contributed by atoms with Crippen LogP contribution in [0.3, 0.4) is 0 Å². The Morgan fingerprint density at radius 1 is 1.15 bits per heavy atom. The molecule has 0 heterocycles. The summed E-state index contributed by atoms with van der Waals surface area (Å²) in [7, 11) is 0. The van der Waals surface area contributed by atoms with E-state index in [4.69, 9.17) is 11.2 Å². The number of carbonyl (C=O) groups is 1. The van der Waals surface area contributed by atoms with Crippen LogP contribution in [0.1, 0.15) is 75.4 Å². The minimum absolute atomic E-state index is 0.166. The van der Waals surface area contributed by atoms with Crippen molar-refractivity contribution in [1.29, 1.82) is 0 Å². The van der Waals surface area contributed by atoms with Crippen molar-refractivity contribution in [3.63, 3.8) is 0 Å². The van der Waals surface area contributed by atoms with E-state index in [1.165, 1.54) is 37.7 Å². The second-order valence-corrected chi connectivity index (χ2v) is 7.12. The number of ether oxygens (including phenoxy) is 1. The smallest absolute Gasteiger partial charge is 0.334 e. The lowest BCUT2D eigenvalue weighted by molar-refractivity contribution is -0.155. The van der Waals surface area contributed by atoms with Crippen LogP contribution in [-0.2, 0) is 22.4 Å². The van der Waals surface area contributed by atoms with Crippen molar-refractivity contribution in [3.8, 4) is 0 Å². The maximum Gasteiger partial charge on any atom is 0.334 e. The summed E-state index contributed by atoms with van der Waals surface area (Å²) in [5.74, 6) is -1.29. The monoisotopic (exact) mass is 383 g/mol. The van der Waals surface area contributed by atoms with E-state index in [-0.39, 0.29) is 12.8 Å². The Hall–Kier alpha value is -1.43. The van der Waals surface area contributed by atoms with Crippen LogP contribution in [0.5, 0.6) is 0 Å². The van der Waals surface area contributed by atoms with Gasteiger partial charge in [0.2, 0.25) is 0 Å². The van der Waals surface area contributed by atoms with Gasteiger partial charge in [0.05, 0.1) is 17.6 Å². The summed E-state index contributed by atoms with van der Waals surface area (Å²) in [4.78, 5) is 11.6. The van der Waals surface area contributed by atoms with Crippen molar-refractivity contribution in [3.05, 3.63) is 35.4 Å². The average Bonchev–Trinajstić information content (AvgIpc) is 2.68. The fourth-order valence-electron chi connectivity index (χ4n) is 2.68. The number of aliphatic hydroxyl groups excluding tert-OH is 1. The summed E-state index contributed by atoms with van der Waals surface area (Å²) in [6, 6.07) is 7.71. The van der Waals surface area contributed by atoms with Gasteiger partial charge in [0.15, 0.2) is 0 Å². The molecule has 1 aromatic rings. The van der Waals surface area contributed by atoms with Crippen LogP contribution < -0.4 is 5.73 Å². The first kappa shape index (κ1) is 17.7. The third kappa shape index (κ3) is 9.89. The molecule has 2 unspecified atom stereocenters. The number of unbranched alkanes of at least 4 members (excludes halogenated alkanes) is 5. The maximum absolute atomic E-state index is 11.6. The van der Waals surface area contributed by atoms with E-state index in [9.17, 15) is 15.0 Å². The van der Waals surface area contributed by atoms with E-state index in [0.29, 0.717) is 0 Å². The molecule has 5 heteroatoms. The molecule has 154 valence electrons. The van der Waals surface area contributed by atoms with Gasteiger partial charge in [-0.25, -0.2) is 4.79 Å². The first-order valence-electron chi connectivity index (χ1n) is 11.8. The van der Waals surface area contributed by atoms with Crippen LogP contribution in [0.2, 0.25) is 0 Å². The lowest BCUT2D eigenvalue weighted by Gasteiger charge is -2.27. The fourth-order valence-corrected chi connectivity index (χ4v) is 2.68. The SMILES string of the molecule is [2H]C([2H])(O)C(N)(CCc1ccc(CCCCCCCC)cc1)C([2H])([2H])OC(=O)C(C)O. The predicted octanol–water partition coefficient (Wildman–Crippen LogP) is 3.14. The summed E-state index contributed by atoms with van der Waals surface area (Å²) in [5.41, 5.74) is 5.38. The van der Waals surface area contributed by atoms with Gasteiger partial charge in [-0.2, -0.15) is 0 Å². The number of esters is 1. The molecule has 0 radical (unpaired) electrons. The van der Waals surface area contributed by atoms with Crippen LogP contribution in [-0.4, -0.2) is 40.9 Å². The van der Waals surface area contributed by atoms with Crippen molar-refractivity contribution in [2.75, 3.05) is 13.1 Å². The quantitative estimate of drug-likeness (QED) is 0.339. The molecular weight excluding hydrogens is 342 g/mol. The zero-order valence-electron chi connectivity index (χ0n) is 20.5. The summed E-state index contributed by atoms with van der Waals surface area (Å²) in [6.07, 6.45) is 6.55. The normalized spacial score (nSPS) is 17.8. The van der Waals surface area contributed by atoms with Crippen molar-refractivity contribution in [2.45, 2.75) is 83.3 Å². The van der Waals surface area contributed by atoms with Gasteiger partial charge in [-0.3, -0.25) is 0 Å². The van der Waals surface area contributed by atoms with Gasteiger partial charge in [-0.05, 0) is 43.7 Å². The van der Waals surface area contributed by atoms with Crippen LogP contribution in [0.4, 0.5) is 0 Å². The third-order valence-corrected chi connectivity index (χ3v) is 4.52. The number of aryl methyl sites for hydroxylation is 2. The van der Waals surface area contributed by atoms with E-state index in [1.807, 2.05) is 24.3 Å². The van der Waals surface area contributed by atoms with Gasteiger partial charge < -0.3 is 20.7 Å². The molecule has 5 nitrogen and oxygen atoms in total. The van der Waals surface area contributed by atoms with Gasteiger partial charge in [0.1, 0.15) is 12.7 Å². The number of aliphatic hydroxyl groups is 2. The summed E-state index contributed by atoms with van der Waals surface area (Å²) in [6.45, 7) is -2.93. The molecule has 0 spiro atoms. The second kappa shape index (κ2) is 12.9. The number of rotatable bonds is 14. The van der Waals surface area contributed by atoms with E-state index in [2.05, 4.69) is 11.7 Å². The molecular formula is C22H37NO4. The lowest BCUT2D eigenvalue weighted by atomic mass is 9.93. The minimum Gasteiger partial charge on any atom is -0.462 e. The highest BCUT2D eigenvalue weighted by Gasteiger charge is 2.27. The minimum atomic E-state index is -3.17. The van der Waals surface area contributed by atoms with Crippen LogP contribution in [0.25, 0.3) is 0 Å². The highest BCUT2D eigenvalue weighted by atomic mass is 16.5. The number of benzene rings is 1. The molecule has 1 rings (SSSR count). The first-order chi connectivity index (χ1) is 14.3. The Morgan fingerprint density at radius 3 is 2.26 bits per heavy atom. The molecule has 0 aliphatic rings. The summed E-state index contributed by atoms with van der Waals surface area (Å²) < 4.78 is 35.8. The molecule has 0 aliphatic carbocycles. The van der Waals surface area contributed by atoms with Crippen molar-refractivity contribution in [1.82, 2.24) is 0 Å². The van der Waals surface area contributed by atoms with E-state index < -0.39 is 30.7 Å². The van der Waals surface area contributed by atoms with Gasteiger partial charge in [0, 0.05) is 0 Å². The first-order valence-corrected chi connectivity index (χ1v) is 9.84. The zero-order chi connectivity index (χ0) is 23.7. The highest BCUT2D eigenvalue weighted by molar-refractivity contribution is 5.73. The van der Waals surface area contributed by atoms with Gasteiger partial charge in [-0.15, -0.1) is 0 Å².